The van der Waals surface area contributed by atoms with Crippen LogP contribution in [0.1, 0.15) is 24.0 Å². The maximum absolute atomic E-state index is 13.3. The van der Waals surface area contributed by atoms with Crippen molar-refractivity contribution in [2.24, 2.45) is 0 Å². The number of likely N-dealkylation sites (tertiary alicyclic amines) is 1. The van der Waals surface area contributed by atoms with Crippen LogP contribution in [0.25, 0.3) is 0 Å². The smallest absolute Gasteiger partial charge is 0.321 e. The van der Waals surface area contributed by atoms with Gasteiger partial charge in [-0.1, -0.05) is 35.9 Å². The van der Waals surface area contributed by atoms with Gasteiger partial charge in [-0.25, -0.2) is 14.0 Å². The Hall–Kier alpha value is -3.09. The summed E-state index contributed by atoms with van der Waals surface area (Å²) in [6.45, 7) is 5.30. The second-order valence-electron chi connectivity index (χ2n) is 8.05. The SMILES string of the molecule is Cc1cccc(CN2CCN(C3CCN(C(=O)Nc4cccc(F)c4)CC3)C2=O)c1. The van der Waals surface area contributed by atoms with Crippen molar-refractivity contribution in [3.8, 4) is 0 Å². The number of anilines is 1. The van der Waals surface area contributed by atoms with Crippen LogP contribution >= 0.6 is 0 Å². The van der Waals surface area contributed by atoms with Crippen LogP contribution in [0.5, 0.6) is 0 Å². The Kier molecular flexibility index (Phi) is 5.88. The molecule has 0 saturated carbocycles. The lowest BCUT2D eigenvalue weighted by Crippen LogP contribution is -2.49. The molecule has 0 spiro atoms. The van der Waals surface area contributed by atoms with Crippen LogP contribution in [0.2, 0.25) is 0 Å². The average molecular weight is 410 g/mol. The summed E-state index contributed by atoms with van der Waals surface area (Å²) in [6.07, 6.45) is 1.50. The van der Waals surface area contributed by atoms with Crippen molar-refractivity contribution >= 4 is 17.7 Å². The van der Waals surface area contributed by atoms with Crippen molar-refractivity contribution in [3.63, 3.8) is 0 Å². The minimum atomic E-state index is -0.380. The van der Waals surface area contributed by atoms with Crippen LogP contribution in [-0.2, 0) is 6.54 Å². The van der Waals surface area contributed by atoms with Gasteiger partial charge >= 0.3 is 12.1 Å². The van der Waals surface area contributed by atoms with Gasteiger partial charge in [-0.05, 0) is 43.5 Å². The van der Waals surface area contributed by atoms with E-state index in [2.05, 4.69) is 30.4 Å². The predicted octanol–water partition coefficient (Wildman–Crippen LogP) is 4.07. The lowest BCUT2D eigenvalue weighted by Gasteiger charge is -2.36. The average Bonchev–Trinajstić information content (AvgIpc) is 3.08. The number of hydrogen-bond acceptors (Lipinski definition) is 2. The molecule has 4 rings (SSSR count). The molecule has 2 saturated heterocycles. The second kappa shape index (κ2) is 8.73. The van der Waals surface area contributed by atoms with Gasteiger partial charge in [-0.2, -0.15) is 0 Å². The third-order valence-electron chi connectivity index (χ3n) is 5.85. The molecule has 0 unspecified atom stereocenters. The van der Waals surface area contributed by atoms with Crippen LogP contribution in [0.15, 0.2) is 48.5 Å². The molecule has 2 fully saturated rings. The Morgan fingerprint density at radius 3 is 2.57 bits per heavy atom. The summed E-state index contributed by atoms with van der Waals surface area (Å²) in [5.74, 6) is -0.380. The van der Waals surface area contributed by atoms with Crippen LogP contribution < -0.4 is 5.32 Å². The molecular weight excluding hydrogens is 383 g/mol. The van der Waals surface area contributed by atoms with Gasteiger partial charge in [0.05, 0.1) is 0 Å². The highest BCUT2D eigenvalue weighted by Crippen LogP contribution is 2.23. The summed E-state index contributed by atoms with van der Waals surface area (Å²) in [4.78, 5) is 30.9. The van der Waals surface area contributed by atoms with Crippen molar-refractivity contribution in [2.45, 2.75) is 32.4 Å². The van der Waals surface area contributed by atoms with E-state index in [1.807, 2.05) is 15.9 Å². The fourth-order valence-corrected chi connectivity index (χ4v) is 4.27. The van der Waals surface area contributed by atoms with E-state index >= 15 is 0 Å². The summed E-state index contributed by atoms with van der Waals surface area (Å²) in [5.41, 5.74) is 2.79. The Morgan fingerprint density at radius 1 is 1.07 bits per heavy atom. The Balaban J connectivity index is 1.29. The highest BCUT2D eigenvalue weighted by Gasteiger charge is 2.36. The van der Waals surface area contributed by atoms with Crippen molar-refractivity contribution in [3.05, 3.63) is 65.5 Å². The zero-order valence-electron chi connectivity index (χ0n) is 17.2. The highest BCUT2D eigenvalue weighted by atomic mass is 19.1. The lowest BCUT2D eigenvalue weighted by molar-refractivity contribution is 0.139. The van der Waals surface area contributed by atoms with Gasteiger partial charge < -0.3 is 20.0 Å². The molecule has 0 atom stereocenters. The molecule has 7 heteroatoms. The largest absolute Gasteiger partial charge is 0.324 e. The maximum atomic E-state index is 13.3. The molecule has 4 amide bonds. The summed E-state index contributed by atoms with van der Waals surface area (Å²) >= 11 is 0. The molecule has 2 aromatic carbocycles. The number of halogens is 1. The lowest BCUT2D eigenvalue weighted by atomic mass is 10.0. The van der Waals surface area contributed by atoms with Crippen LogP contribution in [-0.4, -0.2) is 59.0 Å². The van der Waals surface area contributed by atoms with Gasteiger partial charge in [-0.15, -0.1) is 0 Å². The fourth-order valence-electron chi connectivity index (χ4n) is 4.27. The molecule has 0 radical (unpaired) electrons. The van der Waals surface area contributed by atoms with E-state index in [1.165, 1.54) is 17.7 Å². The van der Waals surface area contributed by atoms with E-state index in [9.17, 15) is 14.0 Å². The first-order valence-electron chi connectivity index (χ1n) is 10.4. The molecule has 158 valence electrons. The number of nitrogens with zero attached hydrogens (tertiary/aromatic N) is 3. The third-order valence-corrected chi connectivity index (χ3v) is 5.85. The normalized spacial score (nSPS) is 17.5. The number of piperidine rings is 1. The van der Waals surface area contributed by atoms with Gasteiger partial charge in [0.25, 0.3) is 0 Å². The number of rotatable bonds is 4. The van der Waals surface area contributed by atoms with E-state index in [4.69, 9.17) is 0 Å². The Labute approximate surface area is 176 Å². The van der Waals surface area contributed by atoms with E-state index in [0.717, 1.165) is 31.5 Å². The molecule has 30 heavy (non-hydrogen) atoms. The first-order chi connectivity index (χ1) is 14.5. The van der Waals surface area contributed by atoms with Crippen LogP contribution in [0, 0.1) is 12.7 Å². The standard InChI is InChI=1S/C23H27FN4O2/c1-17-4-2-5-18(14-17)16-27-12-13-28(23(27)30)21-8-10-26(11-9-21)22(29)25-20-7-3-6-19(24)15-20/h2-7,14-15,21H,8-13,16H2,1H3,(H,25,29). The highest BCUT2D eigenvalue weighted by molar-refractivity contribution is 5.89. The Bertz CT molecular complexity index is 927. The van der Waals surface area contributed by atoms with Crippen molar-refractivity contribution in [2.75, 3.05) is 31.5 Å². The maximum Gasteiger partial charge on any atom is 0.321 e. The summed E-state index contributed by atoms with van der Waals surface area (Å²) in [5, 5.41) is 2.74. The zero-order valence-corrected chi connectivity index (χ0v) is 17.2. The summed E-state index contributed by atoms with van der Waals surface area (Å²) in [7, 11) is 0. The molecular formula is C23H27FN4O2. The zero-order chi connectivity index (χ0) is 21.1. The van der Waals surface area contributed by atoms with E-state index in [-0.39, 0.29) is 23.9 Å². The number of carbonyl (C=O) groups is 2. The summed E-state index contributed by atoms with van der Waals surface area (Å²) < 4.78 is 13.3. The second-order valence-corrected chi connectivity index (χ2v) is 8.05. The topological polar surface area (TPSA) is 55.9 Å². The number of nitrogens with one attached hydrogen (secondary N) is 1. The minimum Gasteiger partial charge on any atom is -0.324 e. The number of carbonyl (C=O) groups excluding carboxylic acids is 2. The summed E-state index contributed by atoms with van der Waals surface area (Å²) in [6, 6.07) is 14.1. The number of urea groups is 2. The number of amides is 4. The fraction of sp³-hybridized carbons (Fsp3) is 0.391. The van der Waals surface area contributed by atoms with Gasteiger partial charge in [0.1, 0.15) is 5.82 Å². The van der Waals surface area contributed by atoms with Crippen molar-refractivity contribution < 1.29 is 14.0 Å². The van der Waals surface area contributed by atoms with Crippen LogP contribution in [0.4, 0.5) is 19.7 Å². The first kappa shape index (κ1) is 20.2. The molecule has 6 nitrogen and oxygen atoms in total. The molecule has 2 aromatic rings. The number of hydrogen-bond donors (Lipinski definition) is 1. The predicted molar refractivity (Wildman–Crippen MR) is 114 cm³/mol. The van der Waals surface area contributed by atoms with Gasteiger partial charge in [-0.3, -0.25) is 0 Å². The molecule has 1 N–H and O–H groups in total. The van der Waals surface area contributed by atoms with Crippen LogP contribution in [0.3, 0.4) is 0 Å². The van der Waals surface area contributed by atoms with Gasteiger partial charge in [0.15, 0.2) is 0 Å². The number of aryl methyl sites for hydroxylation is 1. The third kappa shape index (κ3) is 4.56. The van der Waals surface area contributed by atoms with Crippen molar-refractivity contribution in [1.82, 2.24) is 14.7 Å². The molecule has 0 bridgehead atoms. The molecule has 2 aliphatic heterocycles. The van der Waals surface area contributed by atoms with Crippen molar-refractivity contribution in [1.29, 1.82) is 0 Å². The molecule has 2 heterocycles. The molecule has 0 aliphatic carbocycles. The van der Waals surface area contributed by atoms with E-state index in [0.29, 0.717) is 25.3 Å². The monoisotopic (exact) mass is 410 g/mol. The van der Waals surface area contributed by atoms with Gasteiger partial charge in [0.2, 0.25) is 0 Å². The quantitative estimate of drug-likeness (QED) is 0.826. The first-order valence-corrected chi connectivity index (χ1v) is 10.4. The van der Waals surface area contributed by atoms with E-state index in [1.54, 1.807) is 17.0 Å². The Morgan fingerprint density at radius 2 is 1.83 bits per heavy atom. The number of benzene rings is 2. The molecule has 2 aliphatic rings. The minimum absolute atomic E-state index is 0.0826. The van der Waals surface area contributed by atoms with E-state index < -0.39 is 0 Å². The van der Waals surface area contributed by atoms with Gasteiger partial charge in [0, 0.05) is 44.5 Å². The molecule has 0 aromatic heterocycles.